The summed E-state index contributed by atoms with van der Waals surface area (Å²) in [6.07, 6.45) is 0. The highest BCUT2D eigenvalue weighted by atomic mass is 79.9. The molecule has 0 aliphatic rings. The van der Waals surface area contributed by atoms with Gasteiger partial charge in [-0.1, -0.05) is 103 Å². The highest BCUT2D eigenvalue weighted by Crippen LogP contribution is 2.30. The monoisotopic (exact) mass is 575 g/mol. The number of aryl methyl sites for hydroxylation is 1. The average Bonchev–Trinajstić information content (AvgIpc) is 3.30. The van der Waals surface area contributed by atoms with Crippen LogP contribution in [0.1, 0.15) is 44.4 Å². The zero-order valence-electron chi connectivity index (χ0n) is 21.6. The van der Waals surface area contributed by atoms with Crippen molar-refractivity contribution in [1.82, 2.24) is 20.2 Å². The van der Waals surface area contributed by atoms with Gasteiger partial charge in [0.15, 0.2) is 11.0 Å². The van der Waals surface area contributed by atoms with E-state index >= 15 is 0 Å². The second kappa shape index (κ2) is 11.4. The maximum Gasteiger partial charge on any atom is 0.250 e. The number of benzene rings is 3. The summed E-state index contributed by atoms with van der Waals surface area (Å²) < 4.78 is 2.99. The molecule has 0 spiro atoms. The smallest absolute Gasteiger partial charge is 0.250 e. The van der Waals surface area contributed by atoms with Crippen LogP contribution in [0.15, 0.2) is 87.5 Å². The Morgan fingerprint density at radius 1 is 0.973 bits per heavy atom. The number of aromatic nitrogens is 3. The van der Waals surface area contributed by atoms with Crippen LogP contribution in [-0.2, 0) is 10.2 Å². The first-order valence-corrected chi connectivity index (χ1v) is 13.7. The van der Waals surface area contributed by atoms with Gasteiger partial charge < -0.3 is 0 Å². The number of hydrazone groups is 1. The summed E-state index contributed by atoms with van der Waals surface area (Å²) in [5.41, 5.74) is 8.72. The van der Waals surface area contributed by atoms with Gasteiger partial charge in [-0.3, -0.25) is 9.36 Å². The van der Waals surface area contributed by atoms with E-state index in [9.17, 15) is 4.79 Å². The summed E-state index contributed by atoms with van der Waals surface area (Å²) in [6.45, 7) is 10.5. The maximum atomic E-state index is 12.6. The SMILES string of the molecule is C/C(=N\NC(=O)CSc1nnc(-c2ccc(C(C)(C)C)cc2)n1-c1ccc(C)cc1)c1ccc(Br)cc1. The molecule has 1 N–H and O–H groups in total. The fourth-order valence-corrected chi connectivity index (χ4v) is 4.67. The Bertz CT molecular complexity index is 1400. The Kier molecular flexibility index (Phi) is 8.29. The molecule has 0 radical (unpaired) electrons. The Morgan fingerprint density at radius 3 is 2.24 bits per heavy atom. The number of hydrogen-bond acceptors (Lipinski definition) is 5. The molecule has 0 aliphatic carbocycles. The predicted molar refractivity (Wildman–Crippen MR) is 155 cm³/mol. The van der Waals surface area contributed by atoms with E-state index in [1.54, 1.807) is 0 Å². The number of carbonyl (C=O) groups excluding carboxylic acids is 1. The second-order valence-electron chi connectivity index (χ2n) is 9.83. The third-order valence-electron chi connectivity index (χ3n) is 5.88. The molecule has 1 aromatic heterocycles. The van der Waals surface area contributed by atoms with Crippen LogP contribution in [0, 0.1) is 6.92 Å². The summed E-state index contributed by atoms with van der Waals surface area (Å²) in [4.78, 5) is 12.6. The quantitative estimate of drug-likeness (QED) is 0.147. The molecular weight excluding hydrogens is 546 g/mol. The average molecular weight is 577 g/mol. The first kappa shape index (κ1) is 26.8. The van der Waals surface area contributed by atoms with Gasteiger partial charge in [-0.2, -0.15) is 5.10 Å². The van der Waals surface area contributed by atoms with Gasteiger partial charge in [-0.15, -0.1) is 10.2 Å². The molecule has 190 valence electrons. The van der Waals surface area contributed by atoms with E-state index in [2.05, 4.69) is 101 Å². The van der Waals surface area contributed by atoms with E-state index < -0.39 is 0 Å². The second-order valence-corrected chi connectivity index (χ2v) is 11.7. The predicted octanol–water partition coefficient (Wildman–Crippen LogP) is 6.94. The summed E-state index contributed by atoms with van der Waals surface area (Å²) >= 11 is 4.76. The number of nitrogens with one attached hydrogen (secondary N) is 1. The van der Waals surface area contributed by atoms with Gasteiger partial charge in [0.2, 0.25) is 0 Å². The van der Waals surface area contributed by atoms with Gasteiger partial charge in [0.05, 0.1) is 11.5 Å². The van der Waals surface area contributed by atoms with Crippen LogP contribution in [0.4, 0.5) is 0 Å². The van der Waals surface area contributed by atoms with Crippen LogP contribution in [-0.4, -0.2) is 32.1 Å². The molecule has 37 heavy (non-hydrogen) atoms. The van der Waals surface area contributed by atoms with Gasteiger partial charge in [0.1, 0.15) is 0 Å². The molecule has 4 rings (SSSR count). The molecular formula is C29H30BrN5OS. The molecule has 0 atom stereocenters. The van der Waals surface area contributed by atoms with Crippen LogP contribution in [0.25, 0.3) is 17.1 Å². The Labute approximate surface area is 230 Å². The molecule has 4 aromatic rings. The van der Waals surface area contributed by atoms with Crippen LogP contribution in [0.5, 0.6) is 0 Å². The minimum absolute atomic E-state index is 0.0652. The Hall–Kier alpha value is -3.23. The molecule has 0 unspecified atom stereocenters. The van der Waals surface area contributed by atoms with E-state index in [0.717, 1.165) is 32.8 Å². The van der Waals surface area contributed by atoms with E-state index in [-0.39, 0.29) is 17.1 Å². The van der Waals surface area contributed by atoms with Crippen molar-refractivity contribution in [2.24, 2.45) is 5.10 Å². The fraction of sp³-hybridized carbons (Fsp3) is 0.241. The van der Waals surface area contributed by atoms with E-state index in [1.165, 1.54) is 22.9 Å². The minimum Gasteiger partial charge on any atom is -0.272 e. The lowest BCUT2D eigenvalue weighted by molar-refractivity contribution is -0.118. The molecule has 1 heterocycles. The summed E-state index contributed by atoms with van der Waals surface area (Å²) in [7, 11) is 0. The third kappa shape index (κ3) is 6.76. The van der Waals surface area contributed by atoms with Gasteiger partial charge in [0, 0.05) is 15.7 Å². The van der Waals surface area contributed by atoms with Crippen molar-refractivity contribution in [3.05, 3.63) is 94.0 Å². The fourth-order valence-electron chi connectivity index (χ4n) is 3.66. The van der Waals surface area contributed by atoms with Crippen LogP contribution >= 0.6 is 27.7 Å². The van der Waals surface area contributed by atoms with E-state index in [1.807, 2.05) is 47.9 Å². The molecule has 3 aromatic carbocycles. The van der Waals surface area contributed by atoms with Crippen molar-refractivity contribution in [2.45, 2.75) is 45.2 Å². The molecule has 0 bridgehead atoms. The first-order valence-electron chi connectivity index (χ1n) is 12.0. The highest BCUT2D eigenvalue weighted by molar-refractivity contribution is 9.10. The lowest BCUT2D eigenvalue weighted by Crippen LogP contribution is -2.21. The van der Waals surface area contributed by atoms with Crippen molar-refractivity contribution in [2.75, 3.05) is 5.75 Å². The molecule has 0 fully saturated rings. The number of hydrogen-bond donors (Lipinski definition) is 1. The Balaban J connectivity index is 1.55. The molecule has 1 amide bonds. The number of thioether (sulfide) groups is 1. The summed E-state index contributed by atoms with van der Waals surface area (Å²) in [5.74, 6) is 0.677. The highest BCUT2D eigenvalue weighted by Gasteiger charge is 2.19. The number of rotatable bonds is 7. The number of halogens is 1. The third-order valence-corrected chi connectivity index (χ3v) is 7.33. The van der Waals surface area contributed by atoms with Crippen LogP contribution in [0.2, 0.25) is 0 Å². The van der Waals surface area contributed by atoms with Gasteiger partial charge in [-0.25, -0.2) is 5.43 Å². The molecule has 0 saturated heterocycles. The van der Waals surface area contributed by atoms with Crippen molar-refractivity contribution < 1.29 is 4.79 Å². The van der Waals surface area contributed by atoms with Gasteiger partial charge in [-0.05, 0) is 54.7 Å². The van der Waals surface area contributed by atoms with E-state index in [4.69, 9.17) is 0 Å². The summed E-state index contributed by atoms with van der Waals surface area (Å²) in [5, 5.41) is 13.8. The zero-order chi connectivity index (χ0) is 26.6. The molecule has 8 heteroatoms. The summed E-state index contributed by atoms with van der Waals surface area (Å²) in [6, 6.07) is 24.4. The number of nitrogens with zero attached hydrogens (tertiary/aromatic N) is 4. The van der Waals surface area contributed by atoms with Crippen LogP contribution < -0.4 is 5.43 Å². The molecule has 6 nitrogen and oxygen atoms in total. The van der Waals surface area contributed by atoms with Gasteiger partial charge >= 0.3 is 0 Å². The topological polar surface area (TPSA) is 72.2 Å². The first-order chi connectivity index (χ1) is 17.6. The van der Waals surface area contributed by atoms with Crippen molar-refractivity contribution in [3.8, 4) is 17.1 Å². The zero-order valence-corrected chi connectivity index (χ0v) is 24.0. The normalized spacial score (nSPS) is 12.0. The van der Waals surface area contributed by atoms with Crippen molar-refractivity contribution >= 4 is 39.3 Å². The maximum absolute atomic E-state index is 12.6. The number of carbonyl (C=O) groups is 1. The number of amides is 1. The van der Waals surface area contributed by atoms with Gasteiger partial charge in [0.25, 0.3) is 5.91 Å². The van der Waals surface area contributed by atoms with Crippen molar-refractivity contribution in [1.29, 1.82) is 0 Å². The largest absolute Gasteiger partial charge is 0.272 e. The molecule has 0 aliphatic heterocycles. The van der Waals surface area contributed by atoms with Crippen LogP contribution in [0.3, 0.4) is 0 Å². The molecule has 0 saturated carbocycles. The minimum atomic E-state index is -0.212. The lowest BCUT2D eigenvalue weighted by atomic mass is 9.87. The lowest BCUT2D eigenvalue weighted by Gasteiger charge is -2.19. The Morgan fingerprint density at radius 2 is 1.62 bits per heavy atom. The van der Waals surface area contributed by atoms with E-state index in [0.29, 0.717) is 5.16 Å². The standard InChI is InChI=1S/C29H30BrN5OS/c1-19-6-16-25(17-7-19)35-27(22-8-12-23(13-9-22)29(3,4)5)33-34-28(35)37-18-26(36)32-31-20(2)21-10-14-24(30)15-11-21/h6-17H,18H2,1-5H3,(H,32,36)/b31-20+. The van der Waals surface area contributed by atoms with Crippen molar-refractivity contribution in [3.63, 3.8) is 0 Å².